The molecule has 0 fully saturated rings. The normalized spacial score (nSPS) is 10.3. The first-order valence-corrected chi connectivity index (χ1v) is 5.00. The fraction of sp³-hybridized carbons (Fsp3) is 0.100. The van der Waals surface area contributed by atoms with E-state index in [-0.39, 0.29) is 11.5 Å². The van der Waals surface area contributed by atoms with Gasteiger partial charge < -0.3 is 5.73 Å². The van der Waals surface area contributed by atoms with E-state index in [4.69, 9.17) is 11.1 Å². The highest BCUT2D eigenvalue weighted by Gasteiger charge is 2.14. The Morgan fingerprint density at radius 1 is 1.56 bits per heavy atom. The summed E-state index contributed by atoms with van der Waals surface area (Å²) in [6, 6.07) is 3.34. The summed E-state index contributed by atoms with van der Waals surface area (Å²) in [5, 5.41) is 21.9. The Morgan fingerprint density at radius 3 is 2.83 bits per heavy atom. The van der Waals surface area contributed by atoms with E-state index in [9.17, 15) is 10.1 Å². The minimum absolute atomic E-state index is 0.146. The number of aryl methyl sites for hydroxylation is 1. The van der Waals surface area contributed by atoms with Crippen molar-refractivity contribution in [1.82, 2.24) is 14.8 Å². The number of nitrogens with two attached hydrogens (primary N) is 1. The highest BCUT2D eigenvalue weighted by atomic mass is 16.6. The lowest BCUT2D eigenvalue weighted by atomic mass is 10.2. The highest BCUT2D eigenvalue weighted by Crippen LogP contribution is 2.15. The predicted octanol–water partition coefficient (Wildman–Crippen LogP) is 0.768. The minimum Gasteiger partial charge on any atom is -0.384 e. The number of nitrogens with zero attached hydrogens (tertiary/aromatic N) is 4. The van der Waals surface area contributed by atoms with Crippen LogP contribution in [0.4, 0.5) is 5.69 Å². The van der Waals surface area contributed by atoms with Gasteiger partial charge in [-0.05, 0) is 19.1 Å². The lowest BCUT2D eigenvalue weighted by Crippen LogP contribution is -2.16. The third kappa shape index (κ3) is 2.03. The van der Waals surface area contributed by atoms with Gasteiger partial charge in [-0.1, -0.05) is 0 Å². The molecule has 8 heteroatoms. The van der Waals surface area contributed by atoms with Crippen LogP contribution in [-0.2, 0) is 0 Å². The molecule has 0 aliphatic rings. The fourth-order valence-corrected chi connectivity index (χ4v) is 1.45. The molecule has 0 amide bonds. The molecule has 2 heterocycles. The first-order valence-electron chi connectivity index (χ1n) is 5.00. The van der Waals surface area contributed by atoms with Crippen LogP contribution in [0.1, 0.15) is 11.3 Å². The van der Waals surface area contributed by atoms with Gasteiger partial charge in [-0.3, -0.25) is 15.5 Å². The second-order valence-corrected chi connectivity index (χ2v) is 3.64. The molecule has 0 unspecified atom stereocenters. The van der Waals surface area contributed by atoms with Gasteiger partial charge in [0, 0.05) is 5.69 Å². The molecule has 0 spiro atoms. The standard InChI is InChI=1S/C10H10N6O2/c1-6-2-3-8(9(11)12)10(14-6)15-5-7(4-13-15)16(17)18/h2-5H,1H3,(H3,11,12). The third-order valence-corrected chi connectivity index (χ3v) is 2.30. The highest BCUT2D eigenvalue weighted by molar-refractivity contribution is 5.97. The zero-order chi connectivity index (χ0) is 13.3. The summed E-state index contributed by atoms with van der Waals surface area (Å²) in [5.74, 6) is 0.131. The number of rotatable bonds is 3. The number of amidine groups is 1. The van der Waals surface area contributed by atoms with Gasteiger partial charge in [0.25, 0.3) is 0 Å². The van der Waals surface area contributed by atoms with Gasteiger partial charge >= 0.3 is 5.69 Å². The number of nitro groups is 1. The SMILES string of the molecule is Cc1ccc(C(=N)N)c(-n2cc([N+](=O)[O-])cn2)n1. The van der Waals surface area contributed by atoms with Gasteiger partial charge in [-0.2, -0.15) is 5.10 Å². The van der Waals surface area contributed by atoms with Crippen molar-refractivity contribution >= 4 is 11.5 Å². The first kappa shape index (κ1) is 11.7. The Hall–Kier alpha value is -2.77. The van der Waals surface area contributed by atoms with Gasteiger partial charge in [-0.25, -0.2) is 9.67 Å². The Bertz CT molecular complexity index is 633. The van der Waals surface area contributed by atoms with Crippen LogP contribution in [-0.4, -0.2) is 25.5 Å². The molecule has 0 aliphatic heterocycles. The Morgan fingerprint density at radius 2 is 2.28 bits per heavy atom. The smallest absolute Gasteiger partial charge is 0.307 e. The van der Waals surface area contributed by atoms with E-state index in [0.717, 1.165) is 6.20 Å². The number of nitrogen functional groups attached to an aromatic ring is 1. The van der Waals surface area contributed by atoms with Gasteiger partial charge in [0.05, 0.1) is 10.5 Å². The van der Waals surface area contributed by atoms with Crippen molar-refractivity contribution in [3.05, 3.63) is 45.9 Å². The summed E-state index contributed by atoms with van der Waals surface area (Å²) in [6.07, 6.45) is 2.35. The number of hydrogen-bond acceptors (Lipinski definition) is 5. The number of aromatic nitrogens is 3. The molecule has 3 N–H and O–H groups in total. The van der Waals surface area contributed by atoms with E-state index in [1.54, 1.807) is 19.1 Å². The zero-order valence-corrected chi connectivity index (χ0v) is 9.49. The maximum absolute atomic E-state index is 10.6. The Labute approximate surface area is 102 Å². The molecule has 0 saturated carbocycles. The van der Waals surface area contributed by atoms with Crippen LogP contribution in [0.5, 0.6) is 0 Å². The predicted molar refractivity (Wildman–Crippen MR) is 63.8 cm³/mol. The first-order chi connectivity index (χ1) is 8.49. The minimum atomic E-state index is -0.549. The van der Waals surface area contributed by atoms with Crippen LogP contribution in [0.25, 0.3) is 5.82 Å². The molecule has 18 heavy (non-hydrogen) atoms. The molecule has 2 aromatic rings. The summed E-state index contributed by atoms with van der Waals surface area (Å²) in [7, 11) is 0. The van der Waals surface area contributed by atoms with Crippen molar-refractivity contribution in [2.24, 2.45) is 5.73 Å². The van der Waals surface area contributed by atoms with Crippen molar-refractivity contribution in [1.29, 1.82) is 5.41 Å². The summed E-state index contributed by atoms with van der Waals surface area (Å²) in [5.41, 5.74) is 6.37. The fourth-order valence-electron chi connectivity index (χ4n) is 1.45. The molecule has 0 bridgehead atoms. The van der Waals surface area contributed by atoms with Crippen molar-refractivity contribution in [3.8, 4) is 5.82 Å². The van der Waals surface area contributed by atoms with Gasteiger partial charge in [0.2, 0.25) is 0 Å². The van der Waals surface area contributed by atoms with Gasteiger partial charge in [0.15, 0.2) is 5.82 Å². The van der Waals surface area contributed by atoms with Crippen molar-refractivity contribution in [2.45, 2.75) is 6.92 Å². The molecule has 0 saturated heterocycles. The van der Waals surface area contributed by atoms with Crippen molar-refractivity contribution in [2.75, 3.05) is 0 Å². The van der Waals surface area contributed by atoms with E-state index < -0.39 is 4.92 Å². The number of hydrogen-bond donors (Lipinski definition) is 2. The van der Waals surface area contributed by atoms with Crippen LogP contribution >= 0.6 is 0 Å². The molecule has 2 rings (SSSR count). The average Bonchev–Trinajstić information content (AvgIpc) is 2.77. The molecule has 8 nitrogen and oxygen atoms in total. The summed E-state index contributed by atoms with van der Waals surface area (Å²) in [6.45, 7) is 1.77. The van der Waals surface area contributed by atoms with Crippen LogP contribution in [0.15, 0.2) is 24.5 Å². The number of nitrogens with one attached hydrogen (secondary N) is 1. The largest absolute Gasteiger partial charge is 0.384 e. The maximum Gasteiger partial charge on any atom is 0.307 e. The van der Waals surface area contributed by atoms with Crippen LogP contribution in [0.3, 0.4) is 0 Å². The van der Waals surface area contributed by atoms with E-state index in [0.29, 0.717) is 17.1 Å². The van der Waals surface area contributed by atoms with E-state index in [1.807, 2.05) is 0 Å². The molecule has 0 aromatic carbocycles. The molecule has 2 aromatic heterocycles. The molecule has 0 radical (unpaired) electrons. The van der Waals surface area contributed by atoms with E-state index in [2.05, 4.69) is 10.1 Å². The van der Waals surface area contributed by atoms with E-state index >= 15 is 0 Å². The second kappa shape index (κ2) is 4.24. The van der Waals surface area contributed by atoms with Crippen LogP contribution in [0, 0.1) is 22.4 Å². The summed E-state index contributed by atoms with van der Waals surface area (Å²) >= 11 is 0. The average molecular weight is 246 g/mol. The zero-order valence-electron chi connectivity index (χ0n) is 9.49. The molecule has 92 valence electrons. The number of pyridine rings is 1. The second-order valence-electron chi connectivity index (χ2n) is 3.64. The Kier molecular flexibility index (Phi) is 2.76. The maximum atomic E-state index is 10.6. The lowest BCUT2D eigenvalue weighted by molar-refractivity contribution is -0.384. The van der Waals surface area contributed by atoms with E-state index in [1.165, 1.54) is 10.9 Å². The summed E-state index contributed by atoms with van der Waals surface area (Å²) in [4.78, 5) is 14.2. The molecular weight excluding hydrogens is 236 g/mol. The summed E-state index contributed by atoms with van der Waals surface area (Å²) < 4.78 is 1.24. The van der Waals surface area contributed by atoms with Gasteiger partial charge in [0.1, 0.15) is 18.2 Å². The van der Waals surface area contributed by atoms with Crippen molar-refractivity contribution in [3.63, 3.8) is 0 Å². The topological polar surface area (TPSA) is 124 Å². The third-order valence-electron chi connectivity index (χ3n) is 2.30. The molecular formula is C10H10N6O2. The molecule has 0 atom stereocenters. The van der Waals surface area contributed by atoms with Gasteiger partial charge in [-0.15, -0.1) is 0 Å². The quantitative estimate of drug-likeness (QED) is 0.358. The van der Waals surface area contributed by atoms with Crippen molar-refractivity contribution < 1.29 is 4.92 Å². The van der Waals surface area contributed by atoms with Crippen LogP contribution < -0.4 is 5.73 Å². The lowest BCUT2D eigenvalue weighted by Gasteiger charge is -2.07. The molecule has 0 aliphatic carbocycles. The van der Waals surface area contributed by atoms with Crippen LogP contribution in [0.2, 0.25) is 0 Å². The Balaban J connectivity index is 2.57. The monoisotopic (exact) mass is 246 g/mol.